The Hall–Kier alpha value is -0.610. The van der Waals surface area contributed by atoms with Crippen LogP contribution < -0.4 is 5.73 Å². The Labute approximate surface area is 109 Å². The molecule has 3 rings (SSSR count). The average Bonchev–Trinajstić information content (AvgIpc) is 3.30. The van der Waals surface area contributed by atoms with Gasteiger partial charge in [0.05, 0.1) is 6.10 Å². The predicted octanol–water partition coefficient (Wildman–Crippen LogP) is 1.14. The minimum atomic E-state index is -0.233. The van der Waals surface area contributed by atoms with Crippen LogP contribution in [0.15, 0.2) is 0 Å². The third-order valence-corrected chi connectivity index (χ3v) is 4.65. The Balaban J connectivity index is 1.60. The fourth-order valence-corrected chi connectivity index (χ4v) is 3.33. The van der Waals surface area contributed by atoms with E-state index in [1.54, 1.807) is 0 Å². The Morgan fingerprint density at radius 2 is 1.83 bits per heavy atom. The van der Waals surface area contributed by atoms with Gasteiger partial charge in [-0.1, -0.05) is 0 Å². The first-order valence-corrected chi connectivity index (χ1v) is 7.33. The number of carbonyl (C=O) groups excluding carboxylic acids is 1. The molecule has 2 aliphatic carbocycles. The smallest absolute Gasteiger partial charge is 0.251 e. The maximum absolute atomic E-state index is 12.5. The molecule has 0 bridgehead atoms. The lowest BCUT2D eigenvalue weighted by Crippen LogP contribution is -2.45. The van der Waals surface area contributed by atoms with Gasteiger partial charge in [-0.15, -0.1) is 0 Å². The molecule has 102 valence electrons. The van der Waals surface area contributed by atoms with E-state index in [4.69, 9.17) is 10.5 Å². The van der Waals surface area contributed by atoms with E-state index in [1.807, 2.05) is 11.9 Å². The Bertz CT molecular complexity index is 314. The summed E-state index contributed by atoms with van der Waals surface area (Å²) >= 11 is 0. The van der Waals surface area contributed by atoms with Crippen LogP contribution in [0.3, 0.4) is 0 Å². The van der Waals surface area contributed by atoms with Gasteiger partial charge in [-0.3, -0.25) is 4.79 Å². The number of rotatable bonds is 5. The molecule has 0 aromatic carbocycles. The summed E-state index contributed by atoms with van der Waals surface area (Å²) in [6, 6.07) is 0.484. The fraction of sp³-hybridized carbons (Fsp3) is 0.929. The predicted molar refractivity (Wildman–Crippen MR) is 69.0 cm³/mol. The van der Waals surface area contributed by atoms with Crippen molar-refractivity contribution in [2.75, 3.05) is 13.6 Å². The maximum Gasteiger partial charge on any atom is 0.251 e. The van der Waals surface area contributed by atoms with Crippen LogP contribution in [0.25, 0.3) is 0 Å². The minimum Gasteiger partial charge on any atom is -0.364 e. The van der Waals surface area contributed by atoms with E-state index in [1.165, 1.54) is 25.7 Å². The number of likely N-dealkylation sites (N-methyl/N-ethyl adjacent to an activating group) is 1. The Morgan fingerprint density at radius 3 is 2.28 bits per heavy atom. The topological polar surface area (TPSA) is 55.6 Å². The van der Waals surface area contributed by atoms with Gasteiger partial charge in [0.1, 0.15) is 6.10 Å². The van der Waals surface area contributed by atoms with Gasteiger partial charge in [0, 0.05) is 19.6 Å². The largest absolute Gasteiger partial charge is 0.364 e. The lowest BCUT2D eigenvalue weighted by molar-refractivity contribution is -0.144. The van der Waals surface area contributed by atoms with Crippen molar-refractivity contribution in [2.45, 2.75) is 56.8 Å². The van der Waals surface area contributed by atoms with Gasteiger partial charge in [0.2, 0.25) is 0 Å². The molecule has 4 heteroatoms. The van der Waals surface area contributed by atoms with Gasteiger partial charge in [0.15, 0.2) is 0 Å². The van der Waals surface area contributed by atoms with E-state index in [2.05, 4.69) is 0 Å². The zero-order valence-electron chi connectivity index (χ0n) is 11.2. The van der Waals surface area contributed by atoms with Crippen molar-refractivity contribution in [3.63, 3.8) is 0 Å². The third kappa shape index (κ3) is 2.41. The van der Waals surface area contributed by atoms with Crippen LogP contribution in [0.5, 0.6) is 0 Å². The number of hydrogen-bond donors (Lipinski definition) is 1. The molecule has 0 aromatic heterocycles. The molecule has 2 saturated carbocycles. The van der Waals surface area contributed by atoms with E-state index in [-0.39, 0.29) is 18.1 Å². The van der Waals surface area contributed by atoms with Crippen molar-refractivity contribution >= 4 is 5.91 Å². The van der Waals surface area contributed by atoms with Crippen LogP contribution >= 0.6 is 0 Å². The zero-order chi connectivity index (χ0) is 12.7. The van der Waals surface area contributed by atoms with Crippen LogP contribution in [0, 0.1) is 11.8 Å². The number of carbonyl (C=O) groups is 1. The lowest BCUT2D eigenvalue weighted by Gasteiger charge is -2.30. The average molecular weight is 252 g/mol. The van der Waals surface area contributed by atoms with E-state index in [9.17, 15) is 4.79 Å². The molecule has 2 N–H and O–H groups in total. The number of nitrogens with zero attached hydrogens (tertiary/aromatic N) is 1. The molecular weight excluding hydrogens is 228 g/mol. The maximum atomic E-state index is 12.5. The van der Waals surface area contributed by atoms with Gasteiger partial charge >= 0.3 is 0 Å². The van der Waals surface area contributed by atoms with Crippen LogP contribution in [0.4, 0.5) is 0 Å². The molecule has 0 unspecified atom stereocenters. The summed E-state index contributed by atoms with van der Waals surface area (Å²) in [6.45, 7) is 0.530. The van der Waals surface area contributed by atoms with Gasteiger partial charge in [0.25, 0.3) is 5.91 Å². The van der Waals surface area contributed by atoms with Crippen LogP contribution in [0.1, 0.15) is 38.5 Å². The molecule has 1 aliphatic heterocycles. The lowest BCUT2D eigenvalue weighted by atomic mass is 10.0. The molecule has 1 saturated heterocycles. The summed E-state index contributed by atoms with van der Waals surface area (Å²) < 4.78 is 5.73. The molecule has 4 nitrogen and oxygen atoms in total. The molecule has 1 heterocycles. The molecule has 0 radical (unpaired) electrons. The SMILES string of the molecule is CN(C(=O)[C@@H]1CC[C@H](CN)O1)C(C1CC1)C1CC1. The molecule has 2 atom stereocenters. The van der Waals surface area contributed by atoms with Crippen LogP contribution in [-0.4, -0.2) is 42.6 Å². The highest BCUT2D eigenvalue weighted by molar-refractivity contribution is 5.81. The van der Waals surface area contributed by atoms with E-state index < -0.39 is 0 Å². The fourth-order valence-electron chi connectivity index (χ4n) is 3.33. The number of hydrogen-bond acceptors (Lipinski definition) is 3. The number of ether oxygens (including phenoxy) is 1. The minimum absolute atomic E-state index is 0.0904. The van der Waals surface area contributed by atoms with E-state index >= 15 is 0 Å². The Kier molecular flexibility index (Phi) is 3.32. The van der Waals surface area contributed by atoms with Crippen molar-refractivity contribution < 1.29 is 9.53 Å². The normalized spacial score (nSPS) is 31.9. The molecule has 0 spiro atoms. The second-order valence-corrected chi connectivity index (χ2v) is 6.17. The van der Waals surface area contributed by atoms with Gasteiger partial charge in [-0.25, -0.2) is 0 Å². The van der Waals surface area contributed by atoms with Crippen LogP contribution in [0.2, 0.25) is 0 Å². The first-order chi connectivity index (χ1) is 8.70. The number of nitrogens with two attached hydrogens (primary N) is 1. The zero-order valence-corrected chi connectivity index (χ0v) is 11.2. The third-order valence-electron chi connectivity index (χ3n) is 4.65. The summed E-state index contributed by atoms with van der Waals surface area (Å²) in [5, 5.41) is 0. The summed E-state index contributed by atoms with van der Waals surface area (Å²) in [4.78, 5) is 14.5. The van der Waals surface area contributed by atoms with Gasteiger partial charge in [-0.05, 0) is 50.4 Å². The Morgan fingerprint density at radius 1 is 1.22 bits per heavy atom. The monoisotopic (exact) mass is 252 g/mol. The van der Waals surface area contributed by atoms with Crippen molar-refractivity contribution in [2.24, 2.45) is 17.6 Å². The van der Waals surface area contributed by atoms with Gasteiger partial charge < -0.3 is 15.4 Å². The summed E-state index contributed by atoms with van der Waals surface area (Å²) in [5.41, 5.74) is 5.60. The molecule has 0 aromatic rings. The number of amides is 1. The highest BCUT2D eigenvalue weighted by Gasteiger charge is 2.46. The molecule has 3 aliphatic rings. The van der Waals surface area contributed by atoms with Crippen molar-refractivity contribution in [3.8, 4) is 0 Å². The molecule has 18 heavy (non-hydrogen) atoms. The standard InChI is InChI=1S/C14H24N2O2/c1-16(13(9-2-3-9)10-4-5-10)14(17)12-7-6-11(8-15)18-12/h9-13H,2-8,15H2,1H3/t11-,12+/m1/s1. The quantitative estimate of drug-likeness (QED) is 0.798. The highest BCUT2D eigenvalue weighted by Crippen LogP contribution is 2.47. The molecule has 1 amide bonds. The van der Waals surface area contributed by atoms with Gasteiger partial charge in [-0.2, -0.15) is 0 Å². The molecule has 3 fully saturated rings. The highest BCUT2D eigenvalue weighted by atomic mass is 16.5. The summed E-state index contributed by atoms with van der Waals surface area (Å²) in [5.74, 6) is 1.71. The second-order valence-electron chi connectivity index (χ2n) is 6.17. The van der Waals surface area contributed by atoms with E-state index in [0.29, 0.717) is 12.6 Å². The van der Waals surface area contributed by atoms with Crippen molar-refractivity contribution in [3.05, 3.63) is 0 Å². The summed E-state index contributed by atoms with van der Waals surface area (Å²) in [6.07, 6.45) is 6.83. The second kappa shape index (κ2) is 4.82. The summed E-state index contributed by atoms with van der Waals surface area (Å²) in [7, 11) is 1.97. The van der Waals surface area contributed by atoms with Crippen molar-refractivity contribution in [1.82, 2.24) is 4.90 Å². The molecular formula is C14H24N2O2. The first-order valence-electron chi connectivity index (χ1n) is 7.33. The van der Waals surface area contributed by atoms with Crippen molar-refractivity contribution in [1.29, 1.82) is 0 Å². The van der Waals surface area contributed by atoms with E-state index in [0.717, 1.165) is 24.7 Å². The van der Waals surface area contributed by atoms with Crippen LogP contribution in [-0.2, 0) is 9.53 Å². The first kappa shape index (κ1) is 12.4.